The van der Waals surface area contributed by atoms with E-state index in [1.807, 2.05) is 6.07 Å². The van der Waals surface area contributed by atoms with Gasteiger partial charge in [-0.3, -0.25) is 4.79 Å². The van der Waals surface area contributed by atoms with Crippen molar-refractivity contribution in [3.05, 3.63) is 83.4 Å². The van der Waals surface area contributed by atoms with Crippen molar-refractivity contribution in [2.45, 2.75) is 32.0 Å². The van der Waals surface area contributed by atoms with Crippen LogP contribution in [0.2, 0.25) is 0 Å². The molecule has 1 atom stereocenters. The first-order chi connectivity index (χ1) is 17.2. The number of carbonyl (C=O) groups is 1. The van der Waals surface area contributed by atoms with Crippen LogP contribution >= 0.6 is 0 Å². The summed E-state index contributed by atoms with van der Waals surface area (Å²) in [5.74, 6) is -2.43. The molecular formula is C26H25F2NO6S. The topological polar surface area (TPSA) is 93.1 Å². The summed E-state index contributed by atoms with van der Waals surface area (Å²) in [6, 6.07) is 14.9. The van der Waals surface area contributed by atoms with Gasteiger partial charge in [0, 0.05) is 18.2 Å². The molecule has 0 amide bonds. The number of halogens is 2. The number of aliphatic carboxylic acids is 1. The molecule has 0 aromatic heterocycles. The molecule has 1 aliphatic rings. The van der Waals surface area contributed by atoms with E-state index >= 15 is 0 Å². The Kier molecular flexibility index (Phi) is 7.56. The monoisotopic (exact) mass is 517 g/mol. The highest BCUT2D eigenvalue weighted by molar-refractivity contribution is 7.89. The van der Waals surface area contributed by atoms with Crippen LogP contribution in [-0.4, -0.2) is 42.7 Å². The molecule has 36 heavy (non-hydrogen) atoms. The highest BCUT2D eigenvalue weighted by Gasteiger charge is 2.38. The van der Waals surface area contributed by atoms with Crippen molar-refractivity contribution in [2.75, 3.05) is 12.9 Å². The smallest absolute Gasteiger partial charge is 0.322 e. The predicted molar refractivity (Wildman–Crippen MR) is 129 cm³/mol. The Morgan fingerprint density at radius 3 is 2.44 bits per heavy atom. The van der Waals surface area contributed by atoms with Crippen LogP contribution < -0.4 is 9.47 Å². The second-order valence-electron chi connectivity index (χ2n) is 8.46. The number of nitrogens with zero attached hydrogens (tertiary/aromatic N) is 1. The third kappa shape index (κ3) is 5.66. The van der Waals surface area contributed by atoms with Crippen LogP contribution in [0.4, 0.5) is 8.78 Å². The summed E-state index contributed by atoms with van der Waals surface area (Å²) in [4.78, 5) is 11.6. The third-order valence-corrected chi connectivity index (χ3v) is 7.92. The molecule has 0 aliphatic carbocycles. The number of hydrogen-bond acceptors (Lipinski definition) is 5. The Balaban J connectivity index is 1.45. The van der Waals surface area contributed by atoms with E-state index in [1.165, 1.54) is 7.11 Å². The van der Waals surface area contributed by atoms with Gasteiger partial charge in [-0.1, -0.05) is 36.4 Å². The van der Waals surface area contributed by atoms with Crippen LogP contribution in [0.1, 0.15) is 24.0 Å². The fourth-order valence-corrected chi connectivity index (χ4v) is 5.88. The summed E-state index contributed by atoms with van der Waals surface area (Å²) in [6.45, 7) is 0.161. The lowest BCUT2D eigenvalue weighted by molar-refractivity contribution is -0.142. The Labute approximate surface area is 207 Å². The van der Waals surface area contributed by atoms with Gasteiger partial charge in [-0.15, -0.1) is 0 Å². The maximum absolute atomic E-state index is 13.7. The van der Waals surface area contributed by atoms with Gasteiger partial charge in [-0.05, 0) is 47.7 Å². The maximum Gasteiger partial charge on any atom is 0.322 e. The Morgan fingerprint density at radius 2 is 1.75 bits per heavy atom. The first-order valence-corrected chi connectivity index (χ1v) is 12.9. The molecular weight excluding hydrogens is 492 g/mol. The number of methoxy groups -OCH3 is 1. The molecule has 190 valence electrons. The van der Waals surface area contributed by atoms with Gasteiger partial charge in [0.05, 0.1) is 12.9 Å². The largest absolute Gasteiger partial charge is 0.496 e. The molecule has 0 unspecified atom stereocenters. The molecule has 0 saturated carbocycles. The van der Waals surface area contributed by atoms with Crippen molar-refractivity contribution in [2.24, 2.45) is 0 Å². The van der Waals surface area contributed by atoms with Gasteiger partial charge >= 0.3 is 5.97 Å². The van der Waals surface area contributed by atoms with Gasteiger partial charge in [-0.25, -0.2) is 17.2 Å². The fraction of sp³-hybridized carbons (Fsp3) is 0.269. The maximum atomic E-state index is 13.7. The van der Waals surface area contributed by atoms with Gasteiger partial charge < -0.3 is 14.6 Å². The van der Waals surface area contributed by atoms with Crippen LogP contribution in [0.15, 0.2) is 60.7 Å². The van der Waals surface area contributed by atoms with Gasteiger partial charge in [0.25, 0.3) is 0 Å². The van der Waals surface area contributed by atoms with Crippen LogP contribution in [0, 0.1) is 11.6 Å². The summed E-state index contributed by atoms with van der Waals surface area (Å²) < 4.78 is 64.3. The quantitative estimate of drug-likeness (QED) is 0.470. The number of ether oxygens (including phenoxy) is 2. The van der Waals surface area contributed by atoms with Gasteiger partial charge in [0.2, 0.25) is 10.0 Å². The van der Waals surface area contributed by atoms with Crippen LogP contribution in [0.25, 0.3) is 11.1 Å². The van der Waals surface area contributed by atoms with Crippen LogP contribution in [0.5, 0.6) is 11.5 Å². The van der Waals surface area contributed by atoms with E-state index in [1.54, 1.807) is 42.5 Å². The summed E-state index contributed by atoms with van der Waals surface area (Å²) in [6.07, 6.45) is 0.606. The molecule has 7 nitrogen and oxygen atoms in total. The molecule has 3 aromatic carbocycles. The van der Waals surface area contributed by atoms with E-state index in [-0.39, 0.29) is 31.1 Å². The zero-order chi connectivity index (χ0) is 25.9. The van der Waals surface area contributed by atoms with Crippen molar-refractivity contribution in [3.63, 3.8) is 0 Å². The molecule has 0 spiro atoms. The molecule has 0 bridgehead atoms. The summed E-state index contributed by atoms with van der Waals surface area (Å²) >= 11 is 0. The molecule has 0 radical (unpaired) electrons. The summed E-state index contributed by atoms with van der Waals surface area (Å²) in [7, 11) is -2.27. The van der Waals surface area contributed by atoms with E-state index < -0.39 is 33.7 Å². The zero-order valence-electron chi connectivity index (χ0n) is 19.5. The van der Waals surface area contributed by atoms with Crippen molar-refractivity contribution in [3.8, 4) is 22.6 Å². The van der Waals surface area contributed by atoms with Gasteiger partial charge in [0.1, 0.15) is 24.1 Å². The Hall–Kier alpha value is -3.50. The molecule has 1 aliphatic heterocycles. The molecule has 1 fully saturated rings. The van der Waals surface area contributed by atoms with E-state index in [0.717, 1.165) is 22.0 Å². The SMILES string of the molecule is COc1cc(F)c(F)cc1-c1ccc(OCc2cccc(CN3[C@H](C(=O)O)CCCS3(=O)=O)c2)cc1. The number of benzene rings is 3. The fourth-order valence-electron chi connectivity index (χ4n) is 4.19. The lowest BCUT2D eigenvalue weighted by Crippen LogP contribution is -2.48. The minimum Gasteiger partial charge on any atom is -0.496 e. The number of rotatable bonds is 8. The molecule has 10 heteroatoms. The standard InChI is InChI=1S/C26H25F2NO6S/c1-34-25-14-23(28)22(27)13-21(25)19-7-9-20(10-8-19)35-16-18-5-2-4-17(12-18)15-29-24(26(30)31)6-3-11-36(29,32)33/h2,4-5,7-10,12-14,24H,3,6,11,15-16H2,1H3,(H,30,31)/t24-/m0/s1. The molecule has 1 heterocycles. The predicted octanol–water partition coefficient (Wildman–Crippen LogP) is 4.60. The minimum absolute atomic E-state index is 0.0299. The first kappa shape index (κ1) is 25.6. The van der Waals surface area contributed by atoms with Crippen molar-refractivity contribution >= 4 is 16.0 Å². The number of carboxylic acids is 1. The minimum atomic E-state index is -3.65. The summed E-state index contributed by atoms with van der Waals surface area (Å²) in [5, 5.41) is 9.46. The average Bonchev–Trinajstić information content (AvgIpc) is 2.85. The van der Waals surface area contributed by atoms with Gasteiger partial charge in [-0.2, -0.15) is 4.31 Å². The van der Waals surface area contributed by atoms with Crippen LogP contribution in [-0.2, 0) is 28.0 Å². The molecule has 1 N–H and O–H groups in total. The van der Waals surface area contributed by atoms with Crippen molar-refractivity contribution < 1.29 is 36.6 Å². The lowest BCUT2D eigenvalue weighted by Gasteiger charge is -2.32. The van der Waals surface area contributed by atoms with E-state index in [9.17, 15) is 27.1 Å². The number of hydrogen-bond donors (Lipinski definition) is 1. The highest BCUT2D eigenvalue weighted by atomic mass is 32.2. The van der Waals surface area contributed by atoms with Crippen molar-refractivity contribution in [1.29, 1.82) is 0 Å². The zero-order valence-corrected chi connectivity index (χ0v) is 20.3. The van der Waals surface area contributed by atoms with E-state index in [0.29, 0.717) is 28.9 Å². The van der Waals surface area contributed by atoms with E-state index in [2.05, 4.69) is 0 Å². The highest BCUT2D eigenvalue weighted by Crippen LogP contribution is 2.33. The Morgan fingerprint density at radius 1 is 1.06 bits per heavy atom. The molecule has 4 rings (SSSR count). The third-order valence-electron chi connectivity index (χ3n) is 6.01. The summed E-state index contributed by atoms with van der Waals surface area (Å²) in [5.41, 5.74) is 2.47. The second kappa shape index (κ2) is 10.6. The first-order valence-electron chi connectivity index (χ1n) is 11.2. The Bertz CT molecular complexity index is 1360. The number of carboxylic acid groups (broad SMARTS) is 1. The molecule has 1 saturated heterocycles. The van der Waals surface area contributed by atoms with E-state index in [4.69, 9.17) is 9.47 Å². The second-order valence-corrected chi connectivity index (χ2v) is 10.5. The normalized spacial score (nSPS) is 17.5. The van der Waals surface area contributed by atoms with Crippen molar-refractivity contribution in [1.82, 2.24) is 4.31 Å². The number of sulfonamides is 1. The average molecular weight is 518 g/mol. The van der Waals surface area contributed by atoms with Crippen LogP contribution in [0.3, 0.4) is 0 Å². The van der Waals surface area contributed by atoms with Gasteiger partial charge in [0.15, 0.2) is 11.6 Å². The lowest BCUT2D eigenvalue weighted by atomic mass is 10.0. The molecule has 3 aromatic rings.